The Bertz CT molecular complexity index is 2420. The average Bonchev–Trinajstić information content (AvgIpc) is 3.62. The second-order valence-electron chi connectivity index (χ2n) is 12.1. The lowest BCUT2D eigenvalue weighted by Gasteiger charge is -2.13. The van der Waals surface area contributed by atoms with Gasteiger partial charge < -0.3 is 30.4 Å². The number of rotatable bonds is 10. The van der Waals surface area contributed by atoms with Gasteiger partial charge in [-0.1, -0.05) is 120 Å². The Balaban J connectivity index is 0.000000331. The van der Waals surface area contributed by atoms with Crippen LogP contribution in [-0.4, -0.2) is 75.2 Å². The second kappa shape index (κ2) is 23.8. The zero-order valence-electron chi connectivity index (χ0n) is 32.3. The molecule has 2 amide bonds. The Morgan fingerprint density at radius 3 is 1.58 bits per heavy atom. The Hall–Kier alpha value is -6.50. The molecule has 2 aromatic heterocycles. The van der Waals surface area contributed by atoms with Gasteiger partial charge in [-0.25, -0.2) is 9.36 Å². The summed E-state index contributed by atoms with van der Waals surface area (Å²) in [4.78, 5) is 34.1. The molecule has 0 saturated carbocycles. The van der Waals surface area contributed by atoms with Crippen molar-refractivity contribution in [3.05, 3.63) is 147 Å². The number of anilines is 2. The molecule has 2 heterocycles. The van der Waals surface area contributed by atoms with Crippen LogP contribution in [0, 0.1) is 25.7 Å². The number of hydrogen-bond donors (Lipinski definition) is 4. The van der Waals surface area contributed by atoms with Gasteiger partial charge in [-0.3, -0.25) is 9.59 Å². The molecule has 0 aliphatic rings. The van der Waals surface area contributed by atoms with Gasteiger partial charge in [-0.05, 0) is 37.6 Å². The summed E-state index contributed by atoms with van der Waals surface area (Å²) in [5, 5.41) is 38.9. The highest BCUT2D eigenvalue weighted by molar-refractivity contribution is 9.10. The normalized spacial score (nSPS) is 10.3. The molecule has 18 heteroatoms. The van der Waals surface area contributed by atoms with E-state index in [1.54, 1.807) is 43.6 Å². The number of halogens is 3. The lowest BCUT2D eigenvalue weighted by atomic mass is 9.79. The van der Waals surface area contributed by atoms with Gasteiger partial charge in [-0.2, -0.15) is 19.0 Å². The van der Waals surface area contributed by atoms with Gasteiger partial charge in [0.1, 0.15) is 25.3 Å². The van der Waals surface area contributed by atoms with Gasteiger partial charge in [0.05, 0.1) is 23.8 Å². The summed E-state index contributed by atoms with van der Waals surface area (Å²) < 4.78 is 31.0. The molecule has 6 aromatic rings. The molecule has 0 spiro atoms. The molecule has 14 nitrogen and oxygen atoms in total. The molecule has 0 aliphatic carbocycles. The first kappa shape index (κ1) is 49.7. The number of hydrogen-bond acceptors (Lipinski definition) is 10. The van der Waals surface area contributed by atoms with Gasteiger partial charge in [0.25, 0.3) is 11.8 Å². The molecule has 0 radical (unpaired) electrons. The number of aromatic nitrogens is 4. The molecule has 6 rings (SSSR count). The summed E-state index contributed by atoms with van der Waals surface area (Å²) in [7, 11) is 4.11. The van der Waals surface area contributed by atoms with Crippen molar-refractivity contribution < 1.29 is 38.1 Å². The summed E-state index contributed by atoms with van der Waals surface area (Å²) in [6, 6.07) is 28.9. The third kappa shape index (κ3) is 12.8. The fourth-order valence-electron chi connectivity index (χ4n) is 5.46. The van der Waals surface area contributed by atoms with E-state index in [4.69, 9.17) is 4.84 Å². The predicted octanol–water partition coefficient (Wildman–Crippen LogP) is 7.27. The first-order chi connectivity index (χ1) is 27.8. The molecule has 316 valence electrons. The largest absolute Gasteiger partial charge is 0.490 e. The zero-order chi connectivity index (χ0) is 42.4. The minimum Gasteiger partial charge on any atom is -0.423 e. The number of benzene rings is 4. The Morgan fingerprint density at radius 2 is 1.10 bits per heavy atom. The van der Waals surface area contributed by atoms with Crippen LogP contribution < -0.4 is 16.1 Å². The summed E-state index contributed by atoms with van der Waals surface area (Å²) in [5.74, 6) is -2.66. The molecule has 0 aliphatic heterocycles. The van der Waals surface area contributed by atoms with E-state index in [2.05, 4.69) is 51.9 Å². The highest BCUT2D eigenvalue weighted by atomic mass is 79.9. The third-order valence-electron chi connectivity index (χ3n) is 8.17. The van der Waals surface area contributed by atoms with Crippen molar-refractivity contribution in [2.45, 2.75) is 28.7 Å². The van der Waals surface area contributed by atoms with E-state index in [1.807, 2.05) is 60.7 Å². The van der Waals surface area contributed by atoms with Crippen LogP contribution in [-0.2, 0) is 23.8 Å². The van der Waals surface area contributed by atoms with Gasteiger partial charge >= 0.3 is 7.12 Å². The number of aryl methyl sites for hydroxylation is 4. The van der Waals surface area contributed by atoms with Crippen LogP contribution in [0.2, 0.25) is 0 Å². The van der Waals surface area contributed by atoms with E-state index < -0.39 is 30.8 Å². The van der Waals surface area contributed by atoms with Gasteiger partial charge in [0.15, 0.2) is 0 Å². The van der Waals surface area contributed by atoms with Gasteiger partial charge in [0, 0.05) is 52.1 Å². The van der Waals surface area contributed by atoms with Crippen molar-refractivity contribution in [1.29, 1.82) is 0 Å². The van der Waals surface area contributed by atoms with E-state index >= 15 is 0 Å². The van der Waals surface area contributed by atoms with Crippen molar-refractivity contribution in [2.24, 2.45) is 24.4 Å². The van der Waals surface area contributed by atoms with Gasteiger partial charge in [0.2, 0.25) is 11.9 Å². The predicted molar refractivity (Wildman–Crippen MR) is 237 cm³/mol. The Kier molecular flexibility index (Phi) is 19.7. The lowest BCUT2D eigenvalue weighted by molar-refractivity contribution is 0.101. The van der Waals surface area contributed by atoms with Crippen LogP contribution in [0.4, 0.5) is 20.2 Å². The van der Waals surface area contributed by atoms with Crippen molar-refractivity contribution in [1.82, 2.24) is 19.6 Å². The number of nitrogens with zero attached hydrogens (tertiary/aromatic N) is 6. The van der Waals surface area contributed by atoms with E-state index in [9.17, 15) is 28.4 Å². The average molecular weight is 890 g/mol. The standard InChI is InChI=1S/C20H19FN4O2.C12H13BFN3O3.C8H8BrNO.2CH4/c1-13-18(19(21)25(2)24-13)20(26)23-17-11-7-6-10-16(17)15-9-5-4-8-14(15)12-22-27-3;1-7-10(11(14)17(2)16-7)12(18)15-9-6-4-3-5-8(9)13(19)20;1-11-10-6-7-4-2-3-5-8(7)9;;/h4-12H,1-3H3,(H,23,26);3-6,19-20H,1-2H3,(H,15,18);2-6H,1H3;2*1H4/b22-12+;;10-6+;;. The molecule has 0 saturated heterocycles. The minimum atomic E-state index is -1.73. The molecule has 0 unspecified atom stereocenters. The van der Waals surface area contributed by atoms with Crippen LogP contribution in [0.5, 0.6) is 0 Å². The number of carbonyl (C=O) groups is 2. The first-order valence-electron chi connectivity index (χ1n) is 17.3. The van der Waals surface area contributed by atoms with Crippen molar-refractivity contribution in [2.75, 3.05) is 24.9 Å². The van der Waals surface area contributed by atoms with Crippen LogP contribution in [0.3, 0.4) is 0 Å². The quantitative estimate of drug-likeness (QED) is 0.0631. The van der Waals surface area contributed by atoms with E-state index in [-0.39, 0.29) is 42.8 Å². The summed E-state index contributed by atoms with van der Waals surface area (Å²) >= 11 is 3.38. The number of oxime groups is 2. The molecule has 60 heavy (non-hydrogen) atoms. The van der Waals surface area contributed by atoms with E-state index in [1.165, 1.54) is 47.4 Å². The molecule has 4 N–H and O–H groups in total. The second-order valence-corrected chi connectivity index (χ2v) is 13.0. The van der Waals surface area contributed by atoms with E-state index in [0.717, 1.165) is 36.1 Å². The topological polar surface area (TPSA) is 177 Å². The van der Waals surface area contributed by atoms with Crippen molar-refractivity contribution in [3.63, 3.8) is 0 Å². The molecule has 0 bridgehead atoms. The first-order valence-corrected chi connectivity index (χ1v) is 18.1. The summed E-state index contributed by atoms with van der Waals surface area (Å²) in [6.07, 6.45) is 3.25. The van der Waals surface area contributed by atoms with Crippen molar-refractivity contribution in [3.8, 4) is 11.1 Å². The smallest absolute Gasteiger partial charge is 0.423 e. The number of carbonyl (C=O) groups excluding carboxylic acids is 2. The summed E-state index contributed by atoms with van der Waals surface area (Å²) in [6.45, 7) is 3.12. The SMILES string of the molecule is C.C.CO/N=C/c1ccccc1-c1ccccc1NC(=O)c1c(C)nn(C)c1F.CO/N=C/c1ccccc1Br.Cc1nn(C)c(F)c1C(=O)Nc1ccccc1B(O)O. The van der Waals surface area contributed by atoms with Crippen LogP contribution >= 0.6 is 15.9 Å². The van der Waals surface area contributed by atoms with Crippen LogP contribution in [0.1, 0.15) is 58.1 Å². The third-order valence-corrected chi connectivity index (χ3v) is 8.89. The highest BCUT2D eigenvalue weighted by Gasteiger charge is 2.24. The molecule has 0 atom stereocenters. The number of nitrogens with one attached hydrogen (secondary N) is 2. The molecule has 4 aromatic carbocycles. The maximum absolute atomic E-state index is 14.2. The lowest BCUT2D eigenvalue weighted by Crippen LogP contribution is -2.33. The van der Waals surface area contributed by atoms with Crippen LogP contribution in [0.15, 0.2) is 112 Å². The zero-order valence-corrected chi connectivity index (χ0v) is 33.9. The maximum Gasteiger partial charge on any atom is 0.490 e. The maximum atomic E-state index is 14.2. The minimum absolute atomic E-state index is 0. The number of para-hydroxylation sites is 2. The molecule has 0 fully saturated rings. The van der Waals surface area contributed by atoms with Crippen molar-refractivity contribution >= 4 is 64.1 Å². The number of amides is 2. The molecular weight excluding hydrogens is 841 g/mol. The fourth-order valence-corrected chi connectivity index (χ4v) is 5.85. The van der Waals surface area contributed by atoms with Crippen LogP contribution in [0.25, 0.3) is 11.1 Å². The highest BCUT2D eigenvalue weighted by Crippen LogP contribution is 2.31. The van der Waals surface area contributed by atoms with E-state index in [0.29, 0.717) is 11.4 Å². The monoisotopic (exact) mass is 888 g/mol. The van der Waals surface area contributed by atoms with Gasteiger partial charge in [-0.15, -0.1) is 0 Å². The summed E-state index contributed by atoms with van der Waals surface area (Å²) in [5.41, 5.74) is 4.71. The Labute approximate surface area is 356 Å². The molecular formula is C42H48BBrF2N8O6. The Morgan fingerprint density at radius 1 is 0.683 bits per heavy atom. The fraction of sp³-hybridized carbons (Fsp3) is 0.190.